The SMILES string of the molecule is CC(C)c1cn2ccc(NC(=O)Cc3c[nH]c4ccccc34)cc2n1. The summed E-state index contributed by atoms with van der Waals surface area (Å²) in [5, 5.41) is 4.06. The lowest BCUT2D eigenvalue weighted by molar-refractivity contribution is -0.115. The number of aromatic nitrogens is 3. The first kappa shape index (κ1) is 15.4. The van der Waals surface area contributed by atoms with Crippen LogP contribution in [-0.4, -0.2) is 20.3 Å². The van der Waals surface area contributed by atoms with Gasteiger partial charge in [0.05, 0.1) is 12.1 Å². The summed E-state index contributed by atoms with van der Waals surface area (Å²) >= 11 is 0. The van der Waals surface area contributed by atoms with E-state index in [1.165, 1.54) is 0 Å². The maximum Gasteiger partial charge on any atom is 0.228 e. The predicted molar refractivity (Wildman–Crippen MR) is 99.9 cm³/mol. The molecule has 0 bridgehead atoms. The molecule has 2 N–H and O–H groups in total. The predicted octanol–water partition coefficient (Wildman–Crippen LogP) is 4.12. The van der Waals surface area contributed by atoms with Crippen LogP contribution in [0.1, 0.15) is 31.0 Å². The number of nitrogens with zero attached hydrogens (tertiary/aromatic N) is 2. The molecule has 4 rings (SSSR count). The zero-order valence-corrected chi connectivity index (χ0v) is 14.3. The molecular formula is C20H20N4O. The molecule has 0 radical (unpaired) electrons. The van der Waals surface area contributed by atoms with Crippen molar-refractivity contribution >= 4 is 28.1 Å². The number of carbonyl (C=O) groups excluding carboxylic acids is 1. The molecule has 1 aromatic carbocycles. The Hall–Kier alpha value is -3.08. The van der Waals surface area contributed by atoms with Crippen molar-refractivity contribution < 1.29 is 4.79 Å². The zero-order valence-electron chi connectivity index (χ0n) is 14.3. The van der Waals surface area contributed by atoms with Gasteiger partial charge in [-0.3, -0.25) is 4.79 Å². The largest absolute Gasteiger partial charge is 0.361 e. The number of rotatable bonds is 4. The fourth-order valence-corrected chi connectivity index (χ4v) is 3.01. The van der Waals surface area contributed by atoms with E-state index >= 15 is 0 Å². The maximum atomic E-state index is 12.4. The van der Waals surface area contributed by atoms with Crippen molar-refractivity contribution in [3.8, 4) is 0 Å². The minimum atomic E-state index is -0.0373. The highest BCUT2D eigenvalue weighted by Gasteiger charge is 2.10. The minimum Gasteiger partial charge on any atom is -0.361 e. The van der Waals surface area contributed by atoms with Crippen LogP contribution in [0.15, 0.2) is 55.0 Å². The number of anilines is 1. The first-order chi connectivity index (χ1) is 12.1. The topological polar surface area (TPSA) is 62.2 Å². The number of H-pyrrole nitrogens is 1. The van der Waals surface area contributed by atoms with Crippen LogP contribution in [0.5, 0.6) is 0 Å². The van der Waals surface area contributed by atoms with Crippen LogP contribution in [0.3, 0.4) is 0 Å². The van der Waals surface area contributed by atoms with Gasteiger partial charge in [-0.1, -0.05) is 32.0 Å². The molecule has 0 fully saturated rings. The van der Waals surface area contributed by atoms with Gasteiger partial charge < -0.3 is 14.7 Å². The number of nitrogens with one attached hydrogen (secondary N) is 2. The Kier molecular flexibility index (Phi) is 3.76. The van der Waals surface area contributed by atoms with E-state index in [2.05, 4.69) is 29.1 Å². The number of para-hydroxylation sites is 1. The normalized spacial score (nSPS) is 11.5. The summed E-state index contributed by atoms with van der Waals surface area (Å²) < 4.78 is 1.98. The number of carbonyl (C=O) groups is 1. The van der Waals surface area contributed by atoms with Crippen LogP contribution in [0.4, 0.5) is 5.69 Å². The second-order valence-electron chi connectivity index (χ2n) is 6.59. The number of pyridine rings is 1. The highest BCUT2D eigenvalue weighted by molar-refractivity contribution is 5.96. The average molecular weight is 332 g/mol. The molecule has 0 unspecified atom stereocenters. The van der Waals surface area contributed by atoms with Gasteiger partial charge in [0.25, 0.3) is 0 Å². The van der Waals surface area contributed by atoms with Gasteiger partial charge in [-0.2, -0.15) is 0 Å². The Labute approximate surface area is 145 Å². The molecule has 0 aliphatic heterocycles. The van der Waals surface area contributed by atoms with Crippen molar-refractivity contribution in [2.75, 3.05) is 5.32 Å². The van der Waals surface area contributed by atoms with Gasteiger partial charge in [0.1, 0.15) is 5.65 Å². The van der Waals surface area contributed by atoms with E-state index in [9.17, 15) is 4.79 Å². The fourth-order valence-electron chi connectivity index (χ4n) is 3.01. The number of aromatic amines is 1. The number of amides is 1. The van der Waals surface area contributed by atoms with Gasteiger partial charge in [-0.05, 0) is 23.6 Å². The molecule has 4 aromatic rings. The summed E-state index contributed by atoms with van der Waals surface area (Å²) in [6, 6.07) is 11.8. The monoisotopic (exact) mass is 332 g/mol. The molecule has 5 nitrogen and oxygen atoms in total. The van der Waals surface area contributed by atoms with Crippen LogP contribution < -0.4 is 5.32 Å². The number of imidazole rings is 1. The quantitative estimate of drug-likeness (QED) is 0.590. The summed E-state index contributed by atoms with van der Waals surface area (Å²) in [4.78, 5) is 20.2. The van der Waals surface area contributed by atoms with Crippen molar-refractivity contribution in [3.63, 3.8) is 0 Å². The number of fused-ring (bicyclic) bond motifs is 2. The molecule has 0 saturated heterocycles. The summed E-state index contributed by atoms with van der Waals surface area (Å²) in [6.07, 6.45) is 6.19. The van der Waals surface area contributed by atoms with E-state index in [0.717, 1.165) is 33.5 Å². The first-order valence-electron chi connectivity index (χ1n) is 8.43. The van der Waals surface area contributed by atoms with Gasteiger partial charge >= 0.3 is 0 Å². The lowest BCUT2D eigenvalue weighted by Gasteiger charge is -2.05. The lowest BCUT2D eigenvalue weighted by Crippen LogP contribution is -2.14. The standard InChI is InChI=1S/C20H20N4O/c1-13(2)18-12-24-8-7-15(10-19(24)23-18)22-20(25)9-14-11-21-17-6-4-3-5-16(14)17/h3-8,10-13,21H,9H2,1-2H3,(H,22,25). The van der Waals surface area contributed by atoms with Crippen molar-refractivity contribution in [1.29, 1.82) is 0 Å². The van der Waals surface area contributed by atoms with Gasteiger partial charge in [0, 0.05) is 41.2 Å². The van der Waals surface area contributed by atoms with E-state index in [1.807, 2.05) is 59.4 Å². The highest BCUT2D eigenvalue weighted by Crippen LogP contribution is 2.20. The van der Waals surface area contributed by atoms with Gasteiger partial charge in [0.15, 0.2) is 0 Å². The molecule has 126 valence electrons. The Bertz CT molecular complexity index is 1060. The van der Waals surface area contributed by atoms with Gasteiger partial charge in [-0.15, -0.1) is 0 Å². The van der Waals surface area contributed by atoms with Gasteiger partial charge in [0.2, 0.25) is 5.91 Å². The first-order valence-corrected chi connectivity index (χ1v) is 8.43. The maximum absolute atomic E-state index is 12.4. The summed E-state index contributed by atoms with van der Waals surface area (Å²) in [6.45, 7) is 4.23. The van der Waals surface area contributed by atoms with E-state index < -0.39 is 0 Å². The molecule has 0 saturated carbocycles. The summed E-state index contributed by atoms with van der Waals surface area (Å²) in [5.41, 5.74) is 4.69. The molecule has 3 aromatic heterocycles. The smallest absolute Gasteiger partial charge is 0.228 e. The molecule has 0 aliphatic carbocycles. The van der Waals surface area contributed by atoms with Crippen molar-refractivity contribution in [1.82, 2.24) is 14.4 Å². The Morgan fingerprint density at radius 3 is 2.96 bits per heavy atom. The van der Waals surface area contributed by atoms with Crippen LogP contribution in [0.25, 0.3) is 16.6 Å². The Balaban J connectivity index is 1.53. The molecule has 0 aliphatic rings. The highest BCUT2D eigenvalue weighted by atomic mass is 16.1. The minimum absolute atomic E-state index is 0.0373. The number of hydrogen-bond acceptors (Lipinski definition) is 2. The van der Waals surface area contributed by atoms with Crippen molar-refractivity contribution in [2.24, 2.45) is 0 Å². The van der Waals surface area contributed by atoms with E-state index in [4.69, 9.17) is 0 Å². The van der Waals surface area contributed by atoms with Crippen LogP contribution in [-0.2, 0) is 11.2 Å². The van der Waals surface area contributed by atoms with E-state index in [0.29, 0.717) is 12.3 Å². The zero-order chi connectivity index (χ0) is 17.4. The molecule has 1 amide bonds. The Morgan fingerprint density at radius 2 is 2.12 bits per heavy atom. The number of benzene rings is 1. The Morgan fingerprint density at radius 1 is 1.28 bits per heavy atom. The van der Waals surface area contributed by atoms with Gasteiger partial charge in [-0.25, -0.2) is 4.98 Å². The van der Waals surface area contributed by atoms with Crippen LogP contribution in [0.2, 0.25) is 0 Å². The van der Waals surface area contributed by atoms with Crippen molar-refractivity contribution in [3.05, 3.63) is 66.2 Å². The second kappa shape index (κ2) is 6.09. The van der Waals surface area contributed by atoms with Crippen molar-refractivity contribution in [2.45, 2.75) is 26.2 Å². The third kappa shape index (κ3) is 3.01. The number of hydrogen-bond donors (Lipinski definition) is 2. The fraction of sp³-hybridized carbons (Fsp3) is 0.200. The third-order valence-electron chi connectivity index (χ3n) is 4.38. The van der Waals surface area contributed by atoms with Crippen LogP contribution in [0, 0.1) is 0 Å². The second-order valence-corrected chi connectivity index (χ2v) is 6.59. The molecule has 25 heavy (non-hydrogen) atoms. The van der Waals surface area contributed by atoms with E-state index in [-0.39, 0.29) is 5.91 Å². The molecule has 3 heterocycles. The third-order valence-corrected chi connectivity index (χ3v) is 4.38. The molecule has 0 spiro atoms. The lowest BCUT2D eigenvalue weighted by atomic mass is 10.1. The summed E-state index contributed by atoms with van der Waals surface area (Å²) in [7, 11) is 0. The molecular weight excluding hydrogens is 312 g/mol. The van der Waals surface area contributed by atoms with Crippen LogP contribution >= 0.6 is 0 Å². The average Bonchev–Trinajstić information content (AvgIpc) is 3.19. The van der Waals surface area contributed by atoms with E-state index in [1.54, 1.807) is 0 Å². The molecule has 5 heteroatoms. The summed E-state index contributed by atoms with van der Waals surface area (Å²) in [5.74, 6) is 0.338. The molecule has 0 atom stereocenters.